The van der Waals surface area contributed by atoms with Gasteiger partial charge in [0.1, 0.15) is 5.82 Å². The highest BCUT2D eigenvalue weighted by atomic mass is 14.9. The van der Waals surface area contributed by atoms with Crippen molar-refractivity contribution < 1.29 is 0 Å². The SMILES string of the molecule is CCC(Nc1ccnc(N)c1)C(C)C. The Balaban J connectivity index is 2.67. The van der Waals surface area contributed by atoms with E-state index in [1.165, 1.54) is 0 Å². The van der Waals surface area contributed by atoms with E-state index >= 15 is 0 Å². The summed E-state index contributed by atoms with van der Waals surface area (Å²) >= 11 is 0. The zero-order valence-electron chi connectivity index (χ0n) is 9.12. The van der Waals surface area contributed by atoms with Crippen LogP contribution in [0.4, 0.5) is 11.5 Å². The fourth-order valence-electron chi connectivity index (χ4n) is 1.49. The van der Waals surface area contributed by atoms with Gasteiger partial charge >= 0.3 is 0 Å². The molecule has 0 saturated heterocycles. The number of anilines is 2. The predicted octanol–water partition coefficient (Wildman–Crippen LogP) is 2.51. The molecule has 0 saturated carbocycles. The summed E-state index contributed by atoms with van der Waals surface area (Å²) in [6.45, 7) is 6.61. The number of nitrogens with zero attached hydrogens (tertiary/aromatic N) is 1. The Hall–Kier alpha value is -1.25. The van der Waals surface area contributed by atoms with Gasteiger partial charge in [0, 0.05) is 24.0 Å². The van der Waals surface area contributed by atoms with Crippen LogP contribution in [0.2, 0.25) is 0 Å². The summed E-state index contributed by atoms with van der Waals surface area (Å²) in [5.41, 5.74) is 6.65. The standard InChI is InChI=1S/C11H19N3/c1-4-10(8(2)3)14-9-5-6-13-11(12)7-9/h5-8,10H,4H2,1-3H3,(H3,12,13,14). The highest BCUT2D eigenvalue weighted by molar-refractivity contribution is 5.50. The van der Waals surface area contributed by atoms with Gasteiger partial charge in [0.2, 0.25) is 0 Å². The summed E-state index contributed by atoms with van der Waals surface area (Å²) in [7, 11) is 0. The van der Waals surface area contributed by atoms with Crippen molar-refractivity contribution in [2.75, 3.05) is 11.1 Å². The molecule has 3 heteroatoms. The number of aromatic nitrogens is 1. The van der Waals surface area contributed by atoms with Gasteiger partial charge in [0.15, 0.2) is 0 Å². The van der Waals surface area contributed by atoms with E-state index in [2.05, 4.69) is 31.1 Å². The minimum atomic E-state index is 0.497. The van der Waals surface area contributed by atoms with Crippen LogP contribution in [0.3, 0.4) is 0 Å². The molecule has 0 bridgehead atoms. The summed E-state index contributed by atoms with van der Waals surface area (Å²) in [4.78, 5) is 3.96. The van der Waals surface area contributed by atoms with Crippen LogP contribution in [-0.2, 0) is 0 Å². The summed E-state index contributed by atoms with van der Waals surface area (Å²) in [6.07, 6.45) is 2.84. The second-order valence-electron chi connectivity index (χ2n) is 3.87. The minimum Gasteiger partial charge on any atom is -0.384 e. The van der Waals surface area contributed by atoms with E-state index in [1.807, 2.05) is 12.1 Å². The first-order valence-corrected chi connectivity index (χ1v) is 5.11. The molecule has 0 radical (unpaired) electrons. The molecule has 1 heterocycles. The Kier molecular flexibility index (Phi) is 3.74. The van der Waals surface area contributed by atoms with E-state index in [-0.39, 0.29) is 0 Å². The first kappa shape index (κ1) is 10.8. The van der Waals surface area contributed by atoms with Crippen molar-refractivity contribution in [2.45, 2.75) is 33.2 Å². The van der Waals surface area contributed by atoms with E-state index in [9.17, 15) is 0 Å². The van der Waals surface area contributed by atoms with Crippen LogP contribution in [0.5, 0.6) is 0 Å². The van der Waals surface area contributed by atoms with Gasteiger partial charge in [-0.1, -0.05) is 20.8 Å². The van der Waals surface area contributed by atoms with Gasteiger partial charge in [-0.15, -0.1) is 0 Å². The Morgan fingerprint density at radius 1 is 1.50 bits per heavy atom. The molecule has 1 aromatic heterocycles. The first-order valence-electron chi connectivity index (χ1n) is 5.11. The average molecular weight is 193 g/mol. The van der Waals surface area contributed by atoms with E-state index in [0.29, 0.717) is 17.8 Å². The topological polar surface area (TPSA) is 50.9 Å². The van der Waals surface area contributed by atoms with Crippen molar-refractivity contribution in [1.29, 1.82) is 0 Å². The predicted molar refractivity (Wildman–Crippen MR) is 61.2 cm³/mol. The Morgan fingerprint density at radius 3 is 2.71 bits per heavy atom. The molecule has 3 nitrogen and oxygen atoms in total. The van der Waals surface area contributed by atoms with Gasteiger partial charge in [-0.05, 0) is 18.4 Å². The van der Waals surface area contributed by atoms with E-state index < -0.39 is 0 Å². The van der Waals surface area contributed by atoms with Crippen LogP contribution in [-0.4, -0.2) is 11.0 Å². The molecule has 0 aliphatic carbocycles. The largest absolute Gasteiger partial charge is 0.384 e. The Bertz CT molecular complexity index is 284. The second-order valence-corrected chi connectivity index (χ2v) is 3.87. The lowest BCUT2D eigenvalue weighted by Crippen LogP contribution is -2.24. The number of hydrogen-bond donors (Lipinski definition) is 2. The van der Waals surface area contributed by atoms with Crippen molar-refractivity contribution in [3.63, 3.8) is 0 Å². The second kappa shape index (κ2) is 4.84. The highest BCUT2D eigenvalue weighted by Gasteiger charge is 2.10. The van der Waals surface area contributed by atoms with Crippen molar-refractivity contribution in [2.24, 2.45) is 5.92 Å². The number of nitrogens with one attached hydrogen (secondary N) is 1. The van der Waals surface area contributed by atoms with Crippen molar-refractivity contribution in [3.05, 3.63) is 18.3 Å². The lowest BCUT2D eigenvalue weighted by atomic mass is 10.0. The number of rotatable bonds is 4. The van der Waals surface area contributed by atoms with Gasteiger partial charge in [-0.2, -0.15) is 0 Å². The molecule has 1 unspecified atom stereocenters. The lowest BCUT2D eigenvalue weighted by Gasteiger charge is -2.21. The smallest absolute Gasteiger partial charge is 0.125 e. The molecule has 14 heavy (non-hydrogen) atoms. The zero-order valence-corrected chi connectivity index (χ0v) is 9.12. The first-order chi connectivity index (χ1) is 6.63. The Labute approximate surface area is 85.7 Å². The number of pyridine rings is 1. The number of nitrogen functional groups attached to an aromatic ring is 1. The van der Waals surface area contributed by atoms with Crippen LogP contribution in [0, 0.1) is 5.92 Å². The molecule has 78 valence electrons. The summed E-state index contributed by atoms with van der Waals surface area (Å²) in [5, 5.41) is 3.45. The number of hydrogen-bond acceptors (Lipinski definition) is 3. The van der Waals surface area contributed by atoms with Gasteiger partial charge in [-0.3, -0.25) is 0 Å². The molecular formula is C11H19N3. The maximum atomic E-state index is 5.60. The van der Waals surface area contributed by atoms with Crippen LogP contribution in [0.1, 0.15) is 27.2 Å². The van der Waals surface area contributed by atoms with Gasteiger partial charge in [-0.25, -0.2) is 4.98 Å². The summed E-state index contributed by atoms with van der Waals surface area (Å²) in [5.74, 6) is 1.18. The van der Waals surface area contributed by atoms with Crippen molar-refractivity contribution in [1.82, 2.24) is 4.98 Å². The van der Waals surface area contributed by atoms with E-state index in [0.717, 1.165) is 12.1 Å². The molecule has 0 spiro atoms. The van der Waals surface area contributed by atoms with Crippen molar-refractivity contribution in [3.8, 4) is 0 Å². The molecule has 0 aliphatic heterocycles. The van der Waals surface area contributed by atoms with E-state index in [1.54, 1.807) is 6.20 Å². The molecule has 0 aliphatic rings. The zero-order chi connectivity index (χ0) is 10.6. The maximum absolute atomic E-state index is 5.60. The lowest BCUT2D eigenvalue weighted by molar-refractivity contribution is 0.511. The molecule has 0 amide bonds. The minimum absolute atomic E-state index is 0.497. The summed E-state index contributed by atoms with van der Waals surface area (Å²) < 4.78 is 0. The van der Waals surface area contributed by atoms with Crippen molar-refractivity contribution >= 4 is 11.5 Å². The third-order valence-electron chi connectivity index (χ3n) is 2.38. The molecule has 0 fully saturated rings. The molecule has 1 aromatic rings. The molecular weight excluding hydrogens is 174 g/mol. The summed E-state index contributed by atoms with van der Waals surface area (Å²) in [6, 6.07) is 4.31. The van der Waals surface area contributed by atoms with E-state index in [4.69, 9.17) is 5.73 Å². The fraction of sp³-hybridized carbons (Fsp3) is 0.545. The monoisotopic (exact) mass is 193 g/mol. The molecule has 3 N–H and O–H groups in total. The van der Waals surface area contributed by atoms with Crippen LogP contribution < -0.4 is 11.1 Å². The van der Waals surface area contributed by atoms with Crippen LogP contribution in [0.15, 0.2) is 18.3 Å². The quantitative estimate of drug-likeness (QED) is 0.772. The molecule has 1 rings (SSSR count). The number of nitrogens with two attached hydrogens (primary N) is 1. The third kappa shape index (κ3) is 2.91. The Morgan fingerprint density at radius 2 is 2.21 bits per heavy atom. The van der Waals surface area contributed by atoms with Gasteiger partial charge in [0.05, 0.1) is 0 Å². The van der Waals surface area contributed by atoms with Gasteiger partial charge < -0.3 is 11.1 Å². The molecule has 0 aromatic carbocycles. The highest BCUT2D eigenvalue weighted by Crippen LogP contribution is 2.15. The fourth-order valence-corrected chi connectivity index (χ4v) is 1.49. The van der Waals surface area contributed by atoms with Crippen LogP contribution >= 0.6 is 0 Å². The average Bonchev–Trinajstić information content (AvgIpc) is 2.14. The normalized spacial score (nSPS) is 12.9. The van der Waals surface area contributed by atoms with Gasteiger partial charge in [0.25, 0.3) is 0 Å². The third-order valence-corrected chi connectivity index (χ3v) is 2.38. The maximum Gasteiger partial charge on any atom is 0.125 e. The molecule has 1 atom stereocenters. The van der Waals surface area contributed by atoms with Crippen LogP contribution in [0.25, 0.3) is 0 Å².